The summed E-state index contributed by atoms with van der Waals surface area (Å²) in [6.07, 6.45) is 21.4. The van der Waals surface area contributed by atoms with Gasteiger partial charge in [-0.15, -0.1) is 0 Å². The summed E-state index contributed by atoms with van der Waals surface area (Å²) >= 11 is 0. The average Bonchev–Trinajstić information content (AvgIpc) is 2.36. The van der Waals surface area contributed by atoms with Crippen LogP contribution in [0.5, 0.6) is 0 Å². The Labute approximate surface area is 109 Å². The van der Waals surface area contributed by atoms with Crippen LogP contribution in [0.25, 0.3) is 0 Å². The zero-order chi connectivity index (χ0) is 12.8. The predicted octanol–water partition coefficient (Wildman–Crippen LogP) is 6.29. The Morgan fingerprint density at radius 2 is 1.41 bits per heavy atom. The van der Waals surface area contributed by atoms with Crippen LogP contribution in [0, 0.1) is 5.92 Å². The summed E-state index contributed by atoms with van der Waals surface area (Å²) in [4.78, 5) is 0. The first kappa shape index (κ1) is 16.5. The molecule has 0 amide bonds. The summed E-state index contributed by atoms with van der Waals surface area (Å²) in [6, 6.07) is 0. The van der Waals surface area contributed by atoms with Gasteiger partial charge < -0.3 is 0 Å². The Morgan fingerprint density at radius 1 is 0.765 bits per heavy atom. The van der Waals surface area contributed by atoms with E-state index in [0.717, 1.165) is 6.42 Å². The summed E-state index contributed by atoms with van der Waals surface area (Å²) in [6.45, 7) is 6.74. The molecule has 0 N–H and O–H groups in total. The van der Waals surface area contributed by atoms with Crippen LogP contribution >= 0.6 is 0 Å². The molecule has 0 aromatic carbocycles. The van der Waals surface area contributed by atoms with Crippen LogP contribution in [-0.2, 0) is 0 Å². The third kappa shape index (κ3) is 11.7. The molecule has 0 aromatic heterocycles. The van der Waals surface area contributed by atoms with Gasteiger partial charge in [0.05, 0.1) is 0 Å². The van der Waals surface area contributed by atoms with Gasteiger partial charge in [-0.3, -0.25) is 0 Å². The standard InChI is InChI=1S/C17H32/c1-4-7-9-10-11-12-13-14-16-17(6-3)15-8-5-2/h8,14-17H,4-7,9-13H2,1-3H3. The maximum Gasteiger partial charge on any atom is -0.00561 e. The van der Waals surface area contributed by atoms with E-state index >= 15 is 0 Å². The molecule has 100 valence electrons. The summed E-state index contributed by atoms with van der Waals surface area (Å²) in [5, 5.41) is 0. The van der Waals surface area contributed by atoms with E-state index in [1.807, 2.05) is 0 Å². The van der Waals surface area contributed by atoms with Crippen molar-refractivity contribution in [3.63, 3.8) is 0 Å². The van der Waals surface area contributed by atoms with Crippen LogP contribution in [0.2, 0.25) is 0 Å². The van der Waals surface area contributed by atoms with Crippen molar-refractivity contribution in [1.82, 2.24) is 0 Å². The molecule has 0 aromatic rings. The summed E-state index contributed by atoms with van der Waals surface area (Å²) in [5.41, 5.74) is 0. The number of allylic oxidation sites excluding steroid dienone is 4. The van der Waals surface area contributed by atoms with Crippen molar-refractivity contribution >= 4 is 0 Å². The highest BCUT2D eigenvalue weighted by Gasteiger charge is 1.94. The van der Waals surface area contributed by atoms with E-state index < -0.39 is 0 Å². The van der Waals surface area contributed by atoms with E-state index in [-0.39, 0.29) is 0 Å². The molecule has 17 heavy (non-hydrogen) atoms. The van der Waals surface area contributed by atoms with Gasteiger partial charge in [0.25, 0.3) is 0 Å². The lowest BCUT2D eigenvalue weighted by Gasteiger charge is -2.03. The molecule has 1 unspecified atom stereocenters. The predicted molar refractivity (Wildman–Crippen MR) is 80.3 cm³/mol. The highest BCUT2D eigenvalue weighted by Crippen LogP contribution is 2.10. The molecule has 0 nitrogen and oxygen atoms in total. The van der Waals surface area contributed by atoms with Crippen LogP contribution in [-0.4, -0.2) is 0 Å². The molecule has 0 saturated carbocycles. The molecule has 0 bridgehead atoms. The molecule has 0 heterocycles. The van der Waals surface area contributed by atoms with Crippen LogP contribution in [0.4, 0.5) is 0 Å². The first-order valence-corrected chi connectivity index (χ1v) is 7.68. The average molecular weight is 236 g/mol. The fraction of sp³-hybridized carbons (Fsp3) is 0.765. The summed E-state index contributed by atoms with van der Waals surface area (Å²) in [5.74, 6) is 0.662. The van der Waals surface area contributed by atoms with E-state index in [0.29, 0.717) is 5.92 Å². The van der Waals surface area contributed by atoms with Crippen molar-refractivity contribution in [2.75, 3.05) is 0 Å². The smallest absolute Gasteiger partial charge is 0.00561 e. The van der Waals surface area contributed by atoms with Gasteiger partial charge in [-0.1, -0.05) is 77.2 Å². The van der Waals surface area contributed by atoms with Crippen molar-refractivity contribution in [2.45, 2.75) is 78.6 Å². The van der Waals surface area contributed by atoms with Gasteiger partial charge in [0.15, 0.2) is 0 Å². The second-order valence-corrected chi connectivity index (χ2v) is 4.89. The fourth-order valence-corrected chi connectivity index (χ4v) is 1.96. The van der Waals surface area contributed by atoms with Crippen molar-refractivity contribution in [1.29, 1.82) is 0 Å². The van der Waals surface area contributed by atoms with Crippen molar-refractivity contribution in [3.05, 3.63) is 24.3 Å². The zero-order valence-electron chi connectivity index (χ0n) is 12.3. The minimum absolute atomic E-state index is 0.662. The minimum atomic E-state index is 0.662. The zero-order valence-corrected chi connectivity index (χ0v) is 12.3. The lowest BCUT2D eigenvalue weighted by atomic mass is 10.0. The molecule has 0 aliphatic carbocycles. The highest BCUT2D eigenvalue weighted by molar-refractivity contribution is 4.99. The topological polar surface area (TPSA) is 0 Å². The first-order valence-electron chi connectivity index (χ1n) is 7.68. The van der Waals surface area contributed by atoms with Gasteiger partial charge >= 0.3 is 0 Å². The van der Waals surface area contributed by atoms with Crippen molar-refractivity contribution < 1.29 is 0 Å². The Balaban J connectivity index is 3.47. The van der Waals surface area contributed by atoms with Gasteiger partial charge in [-0.2, -0.15) is 0 Å². The third-order valence-corrected chi connectivity index (χ3v) is 3.20. The Kier molecular flexibility index (Phi) is 13.1. The lowest BCUT2D eigenvalue weighted by molar-refractivity contribution is 0.610. The summed E-state index contributed by atoms with van der Waals surface area (Å²) < 4.78 is 0. The maximum absolute atomic E-state index is 2.39. The Bertz CT molecular complexity index is 188. The minimum Gasteiger partial charge on any atom is -0.0882 e. The Morgan fingerprint density at radius 3 is 2.06 bits per heavy atom. The van der Waals surface area contributed by atoms with Crippen molar-refractivity contribution in [3.8, 4) is 0 Å². The van der Waals surface area contributed by atoms with Crippen LogP contribution < -0.4 is 0 Å². The second-order valence-electron chi connectivity index (χ2n) is 4.89. The quantitative estimate of drug-likeness (QED) is 0.292. The van der Waals surface area contributed by atoms with Gasteiger partial charge in [0.2, 0.25) is 0 Å². The van der Waals surface area contributed by atoms with Gasteiger partial charge in [0.1, 0.15) is 0 Å². The third-order valence-electron chi connectivity index (χ3n) is 3.20. The Hall–Kier alpha value is -0.520. The molecule has 0 fully saturated rings. The maximum atomic E-state index is 2.39. The molecular formula is C17H32. The molecule has 0 spiro atoms. The molecule has 0 aliphatic heterocycles. The van der Waals surface area contributed by atoms with Gasteiger partial charge in [-0.25, -0.2) is 0 Å². The summed E-state index contributed by atoms with van der Waals surface area (Å²) in [7, 11) is 0. The molecule has 0 rings (SSSR count). The van der Waals surface area contributed by atoms with E-state index in [1.165, 1.54) is 51.4 Å². The lowest BCUT2D eigenvalue weighted by Crippen LogP contribution is -1.88. The molecule has 0 radical (unpaired) electrons. The normalized spacial score (nSPS) is 13.8. The second kappa shape index (κ2) is 13.5. The fourth-order valence-electron chi connectivity index (χ4n) is 1.96. The number of unbranched alkanes of at least 4 members (excludes halogenated alkanes) is 6. The number of rotatable bonds is 11. The van der Waals surface area contributed by atoms with E-state index in [1.54, 1.807) is 0 Å². The SMILES string of the molecule is CCC=CC(C=CCCCCCCCC)CC. The van der Waals surface area contributed by atoms with Crippen LogP contribution in [0.15, 0.2) is 24.3 Å². The molecule has 0 saturated heterocycles. The number of hydrogen-bond donors (Lipinski definition) is 0. The van der Waals surface area contributed by atoms with Crippen LogP contribution in [0.3, 0.4) is 0 Å². The largest absolute Gasteiger partial charge is 0.0882 e. The van der Waals surface area contributed by atoms with Gasteiger partial charge in [0, 0.05) is 0 Å². The highest BCUT2D eigenvalue weighted by atomic mass is 14.0. The first-order chi connectivity index (χ1) is 8.35. The van der Waals surface area contributed by atoms with E-state index in [2.05, 4.69) is 45.1 Å². The molecule has 0 heteroatoms. The molecular weight excluding hydrogens is 204 g/mol. The molecule has 0 aliphatic rings. The van der Waals surface area contributed by atoms with Gasteiger partial charge in [-0.05, 0) is 31.6 Å². The van der Waals surface area contributed by atoms with Crippen LogP contribution in [0.1, 0.15) is 78.6 Å². The van der Waals surface area contributed by atoms with E-state index in [4.69, 9.17) is 0 Å². The monoisotopic (exact) mass is 236 g/mol. The molecule has 1 atom stereocenters. The van der Waals surface area contributed by atoms with Crippen molar-refractivity contribution in [2.24, 2.45) is 5.92 Å². The van der Waals surface area contributed by atoms with E-state index in [9.17, 15) is 0 Å². The number of hydrogen-bond acceptors (Lipinski definition) is 0.